The summed E-state index contributed by atoms with van der Waals surface area (Å²) in [5.74, 6) is 1.75. The van der Waals surface area contributed by atoms with Crippen LogP contribution in [0.1, 0.15) is 18.3 Å². The minimum absolute atomic E-state index is 0.462. The van der Waals surface area contributed by atoms with Crippen LogP contribution in [0.15, 0.2) is 34.9 Å². The van der Waals surface area contributed by atoms with E-state index < -0.39 is 0 Å². The van der Waals surface area contributed by atoms with Crippen LogP contribution in [0.5, 0.6) is 11.6 Å². The van der Waals surface area contributed by atoms with Crippen LogP contribution in [-0.2, 0) is 6.42 Å². The van der Waals surface area contributed by atoms with Gasteiger partial charge in [0.05, 0.1) is 11.6 Å². The number of ether oxygens (including phenoxy) is 1. The first-order valence-electron chi connectivity index (χ1n) is 5.42. The van der Waals surface area contributed by atoms with Gasteiger partial charge in [-0.2, -0.15) is 10.2 Å². The maximum atomic E-state index is 8.82. The lowest BCUT2D eigenvalue weighted by molar-refractivity contribution is 0.458. The van der Waals surface area contributed by atoms with Gasteiger partial charge in [0.15, 0.2) is 0 Å². The molecule has 1 heterocycles. The lowest BCUT2D eigenvalue weighted by Crippen LogP contribution is -1.96. The smallest absolute Gasteiger partial charge is 0.223 e. The van der Waals surface area contributed by atoms with E-state index in [0.29, 0.717) is 27.6 Å². The minimum atomic E-state index is 0.462. The SMILES string of the molecule is CCc1nc(Br)cc(Oc2cccc(C#N)c2)n1. The fourth-order valence-electron chi connectivity index (χ4n) is 1.40. The van der Waals surface area contributed by atoms with Crippen LogP contribution in [-0.4, -0.2) is 9.97 Å². The zero-order chi connectivity index (χ0) is 13.0. The van der Waals surface area contributed by atoms with Gasteiger partial charge in [0, 0.05) is 12.5 Å². The molecule has 0 spiro atoms. The molecule has 0 aliphatic heterocycles. The third kappa shape index (κ3) is 3.05. The van der Waals surface area contributed by atoms with Crippen molar-refractivity contribution in [2.45, 2.75) is 13.3 Å². The van der Waals surface area contributed by atoms with Crippen LogP contribution in [0.4, 0.5) is 0 Å². The second-order valence-corrected chi connectivity index (χ2v) is 4.35. The Labute approximate surface area is 113 Å². The molecule has 0 atom stereocenters. The molecule has 0 bridgehead atoms. The number of hydrogen-bond donors (Lipinski definition) is 0. The standard InChI is InChI=1S/C13H10BrN3O/c1-2-12-16-11(14)7-13(17-12)18-10-5-3-4-9(6-10)8-15/h3-7H,2H2,1H3. The Hall–Kier alpha value is -1.93. The van der Waals surface area contributed by atoms with Crippen LogP contribution < -0.4 is 4.74 Å². The summed E-state index contributed by atoms with van der Waals surface area (Å²) in [5, 5.41) is 8.82. The van der Waals surface area contributed by atoms with Crippen molar-refractivity contribution in [3.05, 3.63) is 46.3 Å². The lowest BCUT2D eigenvalue weighted by Gasteiger charge is -2.06. The highest BCUT2D eigenvalue weighted by Crippen LogP contribution is 2.22. The second kappa shape index (κ2) is 5.61. The molecule has 0 aliphatic carbocycles. The van der Waals surface area contributed by atoms with E-state index in [0.717, 1.165) is 6.42 Å². The summed E-state index contributed by atoms with van der Waals surface area (Å²) in [4.78, 5) is 8.46. The van der Waals surface area contributed by atoms with Gasteiger partial charge in [-0.1, -0.05) is 13.0 Å². The van der Waals surface area contributed by atoms with Crippen LogP contribution in [0.25, 0.3) is 0 Å². The van der Waals surface area contributed by atoms with Crippen LogP contribution in [0, 0.1) is 11.3 Å². The molecule has 0 amide bonds. The van der Waals surface area contributed by atoms with Crippen molar-refractivity contribution in [1.82, 2.24) is 9.97 Å². The largest absolute Gasteiger partial charge is 0.439 e. The van der Waals surface area contributed by atoms with Crippen molar-refractivity contribution < 1.29 is 4.74 Å². The molecule has 0 saturated carbocycles. The molecule has 18 heavy (non-hydrogen) atoms. The first-order valence-corrected chi connectivity index (χ1v) is 6.22. The predicted octanol–water partition coefficient (Wildman–Crippen LogP) is 3.47. The predicted molar refractivity (Wildman–Crippen MR) is 70.3 cm³/mol. The summed E-state index contributed by atoms with van der Waals surface area (Å²) in [6.45, 7) is 1.97. The molecule has 5 heteroatoms. The number of aryl methyl sites for hydroxylation is 1. The summed E-state index contributed by atoms with van der Waals surface area (Å²) in [6, 6.07) is 10.7. The third-order valence-electron chi connectivity index (χ3n) is 2.22. The lowest BCUT2D eigenvalue weighted by atomic mass is 10.2. The number of halogens is 1. The molecule has 0 N–H and O–H groups in total. The van der Waals surface area contributed by atoms with E-state index in [9.17, 15) is 0 Å². The first kappa shape index (κ1) is 12.5. The summed E-state index contributed by atoms with van der Waals surface area (Å²) in [5.41, 5.74) is 0.552. The Bertz CT molecular complexity index is 607. The Morgan fingerprint density at radius 2 is 2.17 bits per heavy atom. The quantitative estimate of drug-likeness (QED) is 0.815. The average molecular weight is 304 g/mol. The van der Waals surface area contributed by atoms with Crippen molar-refractivity contribution in [1.29, 1.82) is 5.26 Å². The van der Waals surface area contributed by atoms with Gasteiger partial charge in [0.1, 0.15) is 16.2 Å². The second-order valence-electron chi connectivity index (χ2n) is 3.54. The van der Waals surface area contributed by atoms with E-state index in [-0.39, 0.29) is 0 Å². The molecule has 4 nitrogen and oxygen atoms in total. The van der Waals surface area contributed by atoms with Gasteiger partial charge < -0.3 is 4.74 Å². The highest BCUT2D eigenvalue weighted by Gasteiger charge is 2.04. The Morgan fingerprint density at radius 1 is 1.33 bits per heavy atom. The number of nitriles is 1. The molecule has 0 saturated heterocycles. The monoisotopic (exact) mass is 303 g/mol. The van der Waals surface area contributed by atoms with E-state index in [4.69, 9.17) is 10.00 Å². The maximum Gasteiger partial charge on any atom is 0.223 e. The van der Waals surface area contributed by atoms with E-state index in [1.54, 1.807) is 30.3 Å². The number of nitrogens with zero attached hydrogens (tertiary/aromatic N) is 3. The Kier molecular flexibility index (Phi) is 3.90. The van der Waals surface area contributed by atoms with Gasteiger partial charge >= 0.3 is 0 Å². The van der Waals surface area contributed by atoms with Crippen molar-refractivity contribution in [3.63, 3.8) is 0 Å². The van der Waals surface area contributed by atoms with Gasteiger partial charge in [-0.25, -0.2) is 4.98 Å². The summed E-state index contributed by atoms with van der Waals surface area (Å²) in [6.07, 6.45) is 0.730. The minimum Gasteiger partial charge on any atom is -0.439 e. The van der Waals surface area contributed by atoms with Gasteiger partial charge in [0.25, 0.3) is 0 Å². The van der Waals surface area contributed by atoms with Crippen LogP contribution >= 0.6 is 15.9 Å². The van der Waals surface area contributed by atoms with E-state index in [1.165, 1.54) is 0 Å². The topological polar surface area (TPSA) is 58.8 Å². The fourth-order valence-corrected chi connectivity index (χ4v) is 1.80. The van der Waals surface area contributed by atoms with Gasteiger partial charge in [0.2, 0.25) is 5.88 Å². The third-order valence-corrected chi connectivity index (χ3v) is 2.63. The molecular formula is C13H10BrN3O. The maximum absolute atomic E-state index is 8.82. The fraction of sp³-hybridized carbons (Fsp3) is 0.154. The highest BCUT2D eigenvalue weighted by atomic mass is 79.9. The average Bonchev–Trinajstić information content (AvgIpc) is 2.38. The number of hydrogen-bond acceptors (Lipinski definition) is 4. The van der Waals surface area contributed by atoms with Crippen molar-refractivity contribution in [2.24, 2.45) is 0 Å². The van der Waals surface area contributed by atoms with Crippen molar-refractivity contribution >= 4 is 15.9 Å². The number of benzene rings is 1. The Balaban J connectivity index is 2.28. The van der Waals surface area contributed by atoms with Crippen LogP contribution in [0.2, 0.25) is 0 Å². The zero-order valence-corrected chi connectivity index (χ0v) is 11.3. The molecule has 1 aromatic carbocycles. The summed E-state index contributed by atoms with van der Waals surface area (Å²) >= 11 is 3.31. The molecule has 2 rings (SSSR count). The highest BCUT2D eigenvalue weighted by molar-refractivity contribution is 9.10. The van der Waals surface area contributed by atoms with Gasteiger partial charge in [-0.15, -0.1) is 0 Å². The molecule has 90 valence electrons. The van der Waals surface area contributed by atoms with E-state index in [1.807, 2.05) is 6.92 Å². The zero-order valence-electron chi connectivity index (χ0n) is 9.72. The number of aromatic nitrogens is 2. The first-order chi connectivity index (χ1) is 8.71. The molecule has 1 aromatic heterocycles. The van der Waals surface area contributed by atoms with Gasteiger partial charge in [-0.05, 0) is 34.1 Å². The van der Waals surface area contributed by atoms with Gasteiger partial charge in [-0.3, -0.25) is 0 Å². The molecule has 2 aromatic rings. The molecule has 0 fully saturated rings. The number of rotatable bonds is 3. The molecular weight excluding hydrogens is 294 g/mol. The van der Waals surface area contributed by atoms with E-state index in [2.05, 4.69) is 32.0 Å². The summed E-state index contributed by atoms with van der Waals surface area (Å²) < 4.78 is 6.29. The summed E-state index contributed by atoms with van der Waals surface area (Å²) in [7, 11) is 0. The van der Waals surface area contributed by atoms with Crippen molar-refractivity contribution in [3.8, 4) is 17.7 Å². The molecule has 0 radical (unpaired) electrons. The van der Waals surface area contributed by atoms with E-state index >= 15 is 0 Å². The molecule has 0 unspecified atom stereocenters. The Morgan fingerprint density at radius 3 is 2.89 bits per heavy atom. The van der Waals surface area contributed by atoms with Crippen molar-refractivity contribution in [2.75, 3.05) is 0 Å². The normalized spacial score (nSPS) is 9.83. The van der Waals surface area contributed by atoms with Crippen LogP contribution in [0.3, 0.4) is 0 Å². The molecule has 0 aliphatic rings.